The van der Waals surface area contributed by atoms with Gasteiger partial charge in [0.15, 0.2) is 11.5 Å². The highest BCUT2D eigenvalue weighted by molar-refractivity contribution is 5.57. The molecule has 4 nitrogen and oxygen atoms in total. The summed E-state index contributed by atoms with van der Waals surface area (Å²) in [6, 6.07) is 26.2. The van der Waals surface area contributed by atoms with E-state index in [-0.39, 0.29) is 12.7 Å². The van der Waals surface area contributed by atoms with Crippen LogP contribution in [0.4, 0.5) is 5.69 Å². The van der Waals surface area contributed by atoms with Gasteiger partial charge in [-0.15, -0.1) is 0 Å². The molecule has 1 saturated heterocycles. The first-order valence-corrected chi connectivity index (χ1v) is 10.2. The second-order valence-electron chi connectivity index (χ2n) is 7.82. The molecule has 1 N–H and O–H groups in total. The minimum atomic E-state index is -1.03. The van der Waals surface area contributed by atoms with Crippen LogP contribution in [0.25, 0.3) is 0 Å². The normalized spacial score (nSPS) is 18.7. The van der Waals surface area contributed by atoms with Gasteiger partial charge in [0.25, 0.3) is 0 Å². The molecule has 2 heterocycles. The first-order valence-electron chi connectivity index (χ1n) is 10.2. The first kappa shape index (κ1) is 18.1. The Balaban J connectivity index is 1.50. The number of anilines is 1. The summed E-state index contributed by atoms with van der Waals surface area (Å²) >= 11 is 0. The van der Waals surface area contributed by atoms with E-state index < -0.39 is 5.60 Å². The highest BCUT2D eigenvalue weighted by Crippen LogP contribution is 2.43. The number of ether oxygens (including phenoxy) is 2. The number of hydrogen-bond donors (Lipinski definition) is 1. The lowest BCUT2D eigenvalue weighted by atomic mass is 9.72. The van der Waals surface area contributed by atoms with Gasteiger partial charge in [0.1, 0.15) is 5.60 Å². The molecule has 29 heavy (non-hydrogen) atoms. The Morgan fingerprint density at radius 3 is 2.17 bits per heavy atom. The number of nitrogens with zero attached hydrogens (tertiary/aromatic N) is 1. The van der Waals surface area contributed by atoms with E-state index in [2.05, 4.69) is 17.0 Å². The zero-order valence-electron chi connectivity index (χ0n) is 16.3. The molecule has 3 aromatic carbocycles. The van der Waals surface area contributed by atoms with Crippen LogP contribution in [-0.4, -0.2) is 25.0 Å². The molecule has 2 aliphatic heterocycles. The summed E-state index contributed by atoms with van der Waals surface area (Å²) in [4.78, 5) is 2.35. The zero-order chi connectivity index (χ0) is 19.7. The zero-order valence-corrected chi connectivity index (χ0v) is 16.3. The summed E-state index contributed by atoms with van der Waals surface area (Å²) in [6.07, 6.45) is 2.00. The molecule has 1 unspecified atom stereocenters. The Kier molecular flexibility index (Phi) is 4.64. The summed E-state index contributed by atoms with van der Waals surface area (Å²) in [6.45, 7) is 2.03. The molecule has 3 aromatic rings. The number of hydrogen-bond acceptors (Lipinski definition) is 4. The minimum Gasteiger partial charge on any atom is -0.454 e. The van der Waals surface area contributed by atoms with Crippen LogP contribution in [0.15, 0.2) is 78.9 Å². The second-order valence-corrected chi connectivity index (χ2v) is 7.82. The fraction of sp³-hybridized carbons (Fsp3) is 0.280. The summed E-state index contributed by atoms with van der Waals surface area (Å²) < 4.78 is 11.0. The average Bonchev–Trinajstić information content (AvgIpc) is 3.28. The van der Waals surface area contributed by atoms with Crippen LogP contribution in [-0.2, 0) is 5.60 Å². The van der Waals surface area contributed by atoms with Gasteiger partial charge in [-0.25, -0.2) is 0 Å². The Bertz CT molecular complexity index is 934. The third-order valence-corrected chi connectivity index (χ3v) is 6.16. The molecule has 0 spiro atoms. The average molecular weight is 387 g/mol. The lowest BCUT2D eigenvalue weighted by Crippen LogP contribution is -2.47. The van der Waals surface area contributed by atoms with Crippen molar-refractivity contribution in [1.82, 2.24) is 0 Å². The lowest BCUT2D eigenvalue weighted by molar-refractivity contribution is 0.00966. The molecule has 0 amide bonds. The number of rotatable bonds is 4. The summed E-state index contributed by atoms with van der Waals surface area (Å²) in [5.74, 6) is 1.67. The third-order valence-electron chi connectivity index (χ3n) is 6.16. The maximum absolute atomic E-state index is 12.1. The standard InChI is InChI=1S/C25H25NO3/c27-25(19-8-3-1-4-9-19,20-10-5-2-6-11-20)21-12-7-15-26(17-21)22-13-14-23-24(16-22)29-18-28-23/h1-6,8-11,13-14,16,21,27H,7,12,15,17-18H2. The Morgan fingerprint density at radius 2 is 1.48 bits per heavy atom. The van der Waals surface area contributed by atoms with Gasteiger partial charge in [0.2, 0.25) is 6.79 Å². The van der Waals surface area contributed by atoms with Gasteiger partial charge < -0.3 is 19.5 Å². The molecule has 5 rings (SSSR count). The largest absolute Gasteiger partial charge is 0.454 e. The number of benzene rings is 3. The van der Waals surface area contributed by atoms with Crippen molar-refractivity contribution in [2.45, 2.75) is 18.4 Å². The van der Waals surface area contributed by atoms with Crippen LogP contribution in [0.3, 0.4) is 0 Å². The van der Waals surface area contributed by atoms with E-state index in [0.717, 1.165) is 54.2 Å². The second kappa shape index (κ2) is 7.45. The number of piperidine rings is 1. The van der Waals surface area contributed by atoms with Gasteiger partial charge in [-0.2, -0.15) is 0 Å². The predicted octanol–water partition coefficient (Wildman–Crippen LogP) is 4.57. The van der Waals surface area contributed by atoms with E-state index in [9.17, 15) is 5.11 Å². The van der Waals surface area contributed by atoms with Crippen molar-refractivity contribution in [3.8, 4) is 11.5 Å². The van der Waals surface area contributed by atoms with Crippen LogP contribution in [0.2, 0.25) is 0 Å². The van der Waals surface area contributed by atoms with Crippen LogP contribution in [0.5, 0.6) is 11.5 Å². The third kappa shape index (κ3) is 3.23. The maximum atomic E-state index is 12.1. The van der Waals surface area contributed by atoms with Gasteiger partial charge in [-0.05, 0) is 36.1 Å². The van der Waals surface area contributed by atoms with Gasteiger partial charge in [0.05, 0.1) is 0 Å². The smallest absolute Gasteiger partial charge is 0.231 e. The molecule has 0 aliphatic carbocycles. The molecule has 148 valence electrons. The molecular formula is C25H25NO3. The monoisotopic (exact) mass is 387 g/mol. The van der Waals surface area contributed by atoms with E-state index >= 15 is 0 Å². The predicted molar refractivity (Wildman–Crippen MR) is 113 cm³/mol. The van der Waals surface area contributed by atoms with Crippen molar-refractivity contribution >= 4 is 5.69 Å². The number of aliphatic hydroxyl groups is 1. The molecule has 0 aromatic heterocycles. The van der Waals surface area contributed by atoms with Crippen molar-refractivity contribution in [2.24, 2.45) is 5.92 Å². The summed E-state index contributed by atoms with van der Waals surface area (Å²) in [5, 5.41) is 12.1. The highest BCUT2D eigenvalue weighted by atomic mass is 16.7. The molecule has 0 saturated carbocycles. The Hall–Kier alpha value is -2.98. The topological polar surface area (TPSA) is 41.9 Å². The van der Waals surface area contributed by atoms with Crippen molar-refractivity contribution in [3.63, 3.8) is 0 Å². The number of fused-ring (bicyclic) bond motifs is 1. The molecule has 1 atom stereocenters. The fourth-order valence-electron chi connectivity index (χ4n) is 4.66. The van der Waals surface area contributed by atoms with Crippen molar-refractivity contribution < 1.29 is 14.6 Å². The van der Waals surface area contributed by atoms with Gasteiger partial charge in [-0.3, -0.25) is 0 Å². The van der Waals surface area contributed by atoms with Crippen molar-refractivity contribution in [1.29, 1.82) is 0 Å². The Labute approximate surface area is 171 Å². The van der Waals surface area contributed by atoms with Gasteiger partial charge in [0, 0.05) is 30.8 Å². The van der Waals surface area contributed by atoms with Gasteiger partial charge >= 0.3 is 0 Å². The maximum Gasteiger partial charge on any atom is 0.231 e. The first-order chi connectivity index (χ1) is 14.2. The van der Waals surface area contributed by atoms with E-state index in [1.54, 1.807) is 0 Å². The molecule has 0 bridgehead atoms. The SMILES string of the molecule is OC(c1ccccc1)(c1ccccc1)C1CCCN(c2ccc3c(c2)OCO3)C1. The van der Waals surface area contributed by atoms with E-state index in [1.807, 2.05) is 66.7 Å². The quantitative estimate of drug-likeness (QED) is 0.712. The van der Waals surface area contributed by atoms with E-state index in [4.69, 9.17) is 9.47 Å². The molecule has 4 heteroatoms. The van der Waals surface area contributed by atoms with Crippen LogP contribution >= 0.6 is 0 Å². The van der Waals surface area contributed by atoms with Crippen LogP contribution in [0, 0.1) is 5.92 Å². The highest BCUT2D eigenvalue weighted by Gasteiger charge is 2.42. The fourth-order valence-corrected chi connectivity index (χ4v) is 4.66. The molecule has 2 aliphatic rings. The lowest BCUT2D eigenvalue weighted by Gasteiger charge is -2.44. The summed E-state index contributed by atoms with van der Waals surface area (Å²) in [7, 11) is 0. The minimum absolute atomic E-state index is 0.0754. The van der Waals surface area contributed by atoms with Crippen LogP contribution < -0.4 is 14.4 Å². The van der Waals surface area contributed by atoms with Gasteiger partial charge in [-0.1, -0.05) is 60.7 Å². The molecular weight excluding hydrogens is 362 g/mol. The summed E-state index contributed by atoms with van der Waals surface area (Å²) in [5.41, 5.74) is 1.98. The Morgan fingerprint density at radius 1 is 0.828 bits per heavy atom. The molecule has 0 radical (unpaired) electrons. The molecule has 1 fully saturated rings. The van der Waals surface area contributed by atoms with Crippen molar-refractivity contribution in [3.05, 3.63) is 90.0 Å². The van der Waals surface area contributed by atoms with E-state index in [0.29, 0.717) is 0 Å². The van der Waals surface area contributed by atoms with Crippen molar-refractivity contribution in [2.75, 3.05) is 24.8 Å². The van der Waals surface area contributed by atoms with E-state index in [1.165, 1.54) is 0 Å². The van der Waals surface area contributed by atoms with Crippen LogP contribution in [0.1, 0.15) is 24.0 Å².